The van der Waals surface area contributed by atoms with E-state index in [2.05, 4.69) is 17.1 Å². The van der Waals surface area contributed by atoms with Crippen molar-refractivity contribution in [3.05, 3.63) is 17.0 Å². The molecule has 1 aromatic rings. The molecule has 0 bridgehead atoms. The lowest BCUT2D eigenvalue weighted by molar-refractivity contribution is -0.136. The molecule has 0 spiro atoms. The second-order valence-corrected chi connectivity index (χ2v) is 3.42. The minimum Gasteiger partial charge on any atom is -0.481 e. The van der Waals surface area contributed by atoms with E-state index in [-0.39, 0.29) is 6.42 Å². The maximum atomic E-state index is 10.4. The van der Waals surface area contributed by atoms with Crippen molar-refractivity contribution in [1.29, 1.82) is 0 Å². The predicted molar refractivity (Wildman–Crippen MR) is 53.3 cm³/mol. The third-order valence-corrected chi connectivity index (χ3v) is 2.29. The molecular formula is C10H16N2O2. The van der Waals surface area contributed by atoms with Gasteiger partial charge in [-0.1, -0.05) is 13.3 Å². The molecule has 0 aromatic carbocycles. The van der Waals surface area contributed by atoms with Gasteiger partial charge >= 0.3 is 5.97 Å². The molecule has 0 amide bonds. The van der Waals surface area contributed by atoms with Gasteiger partial charge in [0.25, 0.3) is 0 Å². The number of hydrogen-bond donors (Lipinski definition) is 2. The Kier molecular flexibility index (Phi) is 3.68. The fourth-order valence-corrected chi connectivity index (χ4v) is 1.44. The van der Waals surface area contributed by atoms with Crippen LogP contribution in [0.2, 0.25) is 0 Å². The van der Waals surface area contributed by atoms with Gasteiger partial charge in [-0.15, -0.1) is 0 Å². The number of aryl methyl sites for hydroxylation is 2. The van der Waals surface area contributed by atoms with Crippen molar-refractivity contribution < 1.29 is 9.90 Å². The van der Waals surface area contributed by atoms with Crippen molar-refractivity contribution in [2.24, 2.45) is 0 Å². The summed E-state index contributed by atoms with van der Waals surface area (Å²) >= 11 is 0. The number of carbonyl (C=O) groups is 1. The minimum atomic E-state index is -0.774. The van der Waals surface area contributed by atoms with Crippen LogP contribution in [-0.4, -0.2) is 21.3 Å². The van der Waals surface area contributed by atoms with Crippen LogP contribution in [0.5, 0.6) is 0 Å². The number of hydrogen-bond acceptors (Lipinski definition) is 2. The van der Waals surface area contributed by atoms with Crippen molar-refractivity contribution in [2.75, 3.05) is 0 Å². The zero-order chi connectivity index (χ0) is 10.6. The zero-order valence-corrected chi connectivity index (χ0v) is 8.63. The van der Waals surface area contributed by atoms with E-state index in [0.29, 0.717) is 6.42 Å². The molecule has 4 nitrogen and oxygen atoms in total. The third kappa shape index (κ3) is 2.58. The van der Waals surface area contributed by atoms with Crippen LogP contribution in [0.15, 0.2) is 0 Å². The Morgan fingerprint density at radius 2 is 2.21 bits per heavy atom. The third-order valence-electron chi connectivity index (χ3n) is 2.29. The summed E-state index contributed by atoms with van der Waals surface area (Å²) < 4.78 is 0. The van der Waals surface area contributed by atoms with Crippen molar-refractivity contribution in [1.82, 2.24) is 10.2 Å². The number of nitrogens with one attached hydrogen (secondary N) is 1. The highest BCUT2D eigenvalue weighted by Crippen LogP contribution is 2.13. The van der Waals surface area contributed by atoms with Gasteiger partial charge in [-0.3, -0.25) is 9.89 Å². The van der Waals surface area contributed by atoms with Gasteiger partial charge in [0.2, 0.25) is 0 Å². The first-order chi connectivity index (χ1) is 6.65. The van der Waals surface area contributed by atoms with Crippen molar-refractivity contribution >= 4 is 5.97 Å². The Hall–Kier alpha value is -1.32. The van der Waals surface area contributed by atoms with E-state index < -0.39 is 5.97 Å². The second-order valence-electron chi connectivity index (χ2n) is 3.42. The molecule has 0 fully saturated rings. The highest BCUT2D eigenvalue weighted by atomic mass is 16.4. The first kappa shape index (κ1) is 10.8. The van der Waals surface area contributed by atoms with E-state index in [1.54, 1.807) is 0 Å². The smallest absolute Gasteiger partial charge is 0.303 e. The van der Waals surface area contributed by atoms with Gasteiger partial charge in [0.15, 0.2) is 0 Å². The van der Waals surface area contributed by atoms with Crippen LogP contribution in [0.25, 0.3) is 0 Å². The largest absolute Gasteiger partial charge is 0.481 e. The number of rotatable bonds is 5. The van der Waals surface area contributed by atoms with Crippen LogP contribution in [0.1, 0.15) is 36.7 Å². The van der Waals surface area contributed by atoms with Crippen LogP contribution in [0.3, 0.4) is 0 Å². The maximum absolute atomic E-state index is 10.4. The lowest BCUT2D eigenvalue weighted by Gasteiger charge is -1.97. The SMILES string of the molecule is CCCc1[nH]nc(CCC(=O)O)c1C. The normalized spacial score (nSPS) is 10.4. The van der Waals surface area contributed by atoms with Crippen molar-refractivity contribution in [2.45, 2.75) is 39.5 Å². The molecule has 0 atom stereocenters. The summed E-state index contributed by atoms with van der Waals surface area (Å²) in [6.45, 7) is 4.10. The van der Waals surface area contributed by atoms with Gasteiger partial charge < -0.3 is 5.11 Å². The first-order valence-corrected chi connectivity index (χ1v) is 4.89. The fraction of sp³-hybridized carbons (Fsp3) is 0.600. The average molecular weight is 196 g/mol. The van der Waals surface area contributed by atoms with Crippen LogP contribution < -0.4 is 0 Å². The summed E-state index contributed by atoms with van der Waals surface area (Å²) in [5.74, 6) is -0.774. The van der Waals surface area contributed by atoms with Crippen LogP contribution in [-0.2, 0) is 17.6 Å². The fourth-order valence-electron chi connectivity index (χ4n) is 1.44. The molecule has 0 radical (unpaired) electrons. The lowest BCUT2D eigenvalue weighted by Crippen LogP contribution is -1.99. The van der Waals surface area contributed by atoms with E-state index in [0.717, 1.165) is 29.8 Å². The Labute approximate surface area is 83.3 Å². The molecule has 0 saturated carbocycles. The Balaban J connectivity index is 2.64. The molecule has 0 aliphatic carbocycles. The Bertz CT molecular complexity index is 318. The summed E-state index contributed by atoms with van der Waals surface area (Å²) in [7, 11) is 0. The van der Waals surface area contributed by atoms with E-state index in [1.165, 1.54) is 0 Å². The summed E-state index contributed by atoms with van der Waals surface area (Å²) in [6.07, 6.45) is 2.71. The highest BCUT2D eigenvalue weighted by Gasteiger charge is 2.09. The average Bonchev–Trinajstić information content (AvgIpc) is 2.46. The van der Waals surface area contributed by atoms with Gasteiger partial charge in [0.1, 0.15) is 0 Å². The summed E-state index contributed by atoms with van der Waals surface area (Å²) in [6, 6.07) is 0. The standard InChI is InChI=1S/C10H16N2O2/c1-3-4-8-7(2)9(12-11-8)5-6-10(13)14/h3-6H2,1-2H3,(H,11,12)(H,13,14). The molecule has 0 aliphatic heterocycles. The Morgan fingerprint density at radius 3 is 2.79 bits per heavy atom. The van der Waals surface area contributed by atoms with Crippen molar-refractivity contribution in [3.63, 3.8) is 0 Å². The van der Waals surface area contributed by atoms with E-state index >= 15 is 0 Å². The molecule has 0 saturated heterocycles. The number of carboxylic acids is 1. The topological polar surface area (TPSA) is 66.0 Å². The lowest BCUT2D eigenvalue weighted by atomic mass is 10.1. The van der Waals surface area contributed by atoms with Crippen LogP contribution >= 0.6 is 0 Å². The second kappa shape index (κ2) is 4.79. The van der Waals surface area contributed by atoms with Gasteiger partial charge in [-0.2, -0.15) is 5.10 Å². The van der Waals surface area contributed by atoms with Crippen LogP contribution in [0.4, 0.5) is 0 Å². The summed E-state index contributed by atoms with van der Waals surface area (Å²) in [4.78, 5) is 10.4. The monoisotopic (exact) mass is 196 g/mol. The Morgan fingerprint density at radius 1 is 1.50 bits per heavy atom. The molecule has 0 aliphatic rings. The number of aromatic nitrogens is 2. The van der Waals surface area contributed by atoms with Gasteiger partial charge in [0.05, 0.1) is 12.1 Å². The number of aromatic amines is 1. The van der Waals surface area contributed by atoms with E-state index in [4.69, 9.17) is 5.11 Å². The highest BCUT2D eigenvalue weighted by molar-refractivity contribution is 5.67. The molecule has 1 rings (SSSR count). The molecule has 1 heterocycles. The summed E-state index contributed by atoms with van der Waals surface area (Å²) in [5, 5.41) is 15.6. The molecule has 4 heteroatoms. The minimum absolute atomic E-state index is 0.150. The quantitative estimate of drug-likeness (QED) is 0.753. The molecule has 2 N–H and O–H groups in total. The van der Waals surface area contributed by atoms with Gasteiger partial charge in [-0.25, -0.2) is 0 Å². The number of carboxylic acid groups (broad SMARTS) is 1. The molecule has 1 aromatic heterocycles. The first-order valence-electron chi connectivity index (χ1n) is 4.89. The van der Waals surface area contributed by atoms with Gasteiger partial charge in [-0.05, 0) is 18.9 Å². The molecular weight excluding hydrogens is 180 g/mol. The number of H-pyrrole nitrogens is 1. The molecule has 0 unspecified atom stereocenters. The molecule has 14 heavy (non-hydrogen) atoms. The summed E-state index contributed by atoms with van der Waals surface area (Å²) in [5.41, 5.74) is 3.14. The van der Waals surface area contributed by atoms with Gasteiger partial charge in [0, 0.05) is 12.1 Å². The van der Waals surface area contributed by atoms with Crippen molar-refractivity contribution in [3.8, 4) is 0 Å². The zero-order valence-electron chi connectivity index (χ0n) is 8.63. The van der Waals surface area contributed by atoms with E-state index in [1.807, 2.05) is 6.92 Å². The predicted octanol–water partition coefficient (Wildman–Crippen LogP) is 1.69. The van der Waals surface area contributed by atoms with Crippen LogP contribution in [0, 0.1) is 6.92 Å². The van der Waals surface area contributed by atoms with E-state index in [9.17, 15) is 4.79 Å². The maximum Gasteiger partial charge on any atom is 0.303 e. The number of nitrogens with zero attached hydrogens (tertiary/aromatic N) is 1. The molecule has 78 valence electrons. The number of aliphatic carboxylic acids is 1.